The number of aromatic nitrogens is 2. The molecule has 4 rings (SSSR count). The average Bonchev–Trinajstić information content (AvgIpc) is 3.10. The van der Waals surface area contributed by atoms with Crippen LogP contribution in [0, 0.1) is 0 Å². The van der Waals surface area contributed by atoms with Crippen molar-refractivity contribution in [2.45, 2.75) is 32.6 Å². The van der Waals surface area contributed by atoms with Crippen LogP contribution in [0.3, 0.4) is 0 Å². The quantitative estimate of drug-likeness (QED) is 0.598. The highest BCUT2D eigenvalue weighted by Crippen LogP contribution is 2.38. The van der Waals surface area contributed by atoms with Gasteiger partial charge in [-0.25, -0.2) is 19.6 Å². The van der Waals surface area contributed by atoms with Crippen LogP contribution < -0.4 is 5.32 Å². The Bertz CT molecular complexity index is 1170. The van der Waals surface area contributed by atoms with Gasteiger partial charge in [0.05, 0.1) is 23.2 Å². The van der Waals surface area contributed by atoms with Crippen LogP contribution in [-0.2, 0) is 17.6 Å². The van der Waals surface area contributed by atoms with Crippen LogP contribution in [0.1, 0.15) is 61.5 Å². The number of aryl methyl sites for hydroxylation is 1. The van der Waals surface area contributed by atoms with E-state index in [1.54, 1.807) is 31.2 Å². The number of fused-ring (bicyclic) bond motifs is 2. The Morgan fingerprint density at radius 1 is 1.10 bits per heavy atom. The molecule has 2 heterocycles. The Labute approximate surface area is 175 Å². The molecule has 0 aliphatic heterocycles. The molecule has 0 spiro atoms. The summed E-state index contributed by atoms with van der Waals surface area (Å²) in [5.41, 5.74) is 1.31. The summed E-state index contributed by atoms with van der Waals surface area (Å²) >= 11 is 1.33. The van der Waals surface area contributed by atoms with E-state index in [4.69, 9.17) is 4.74 Å². The SMILES string of the molecule is CCOC(=O)c1c(NC(=O)c2nc3ccccc3nc2C(=O)O)sc2c1CCCC2. The third-order valence-electron chi connectivity index (χ3n) is 4.87. The number of nitrogens with one attached hydrogen (secondary N) is 1. The zero-order chi connectivity index (χ0) is 21.3. The minimum Gasteiger partial charge on any atom is -0.476 e. The summed E-state index contributed by atoms with van der Waals surface area (Å²) in [6.07, 6.45) is 3.55. The first-order valence-corrected chi connectivity index (χ1v) is 10.4. The number of thiophene rings is 1. The van der Waals surface area contributed by atoms with Crippen LogP contribution >= 0.6 is 11.3 Å². The monoisotopic (exact) mass is 425 g/mol. The van der Waals surface area contributed by atoms with Crippen molar-refractivity contribution in [3.05, 3.63) is 51.7 Å². The molecule has 0 bridgehead atoms. The third kappa shape index (κ3) is 3.63. The maximum atomic E-state index is 13.0. The second-order valence-corrected chi connectivity index (χ2v) is 7.91. The fourth-order valence-electron chi connectivity index (χ4n) is 3.54. The third-order valence-corrected chi connectivity index (χ3v) is 6.07. The van der Waals surface area contributed by atoms with Crippen molar-refractivity contribution < 1.29 is 24.2 Å². The number of esters is 1. The molecular formula is C21H19N3O5S. The Morgan fingerprint density at radius 2 is 1.77 bits per heavy atom. The standard InChI is InChI=1S/C21H19N3O5S/c1-2-29-21(28)15-11-7-3-6-10-14(11)30-19(15)24-18(25)16-17(20(26)27)23-13-9-5-4-8-12(13)22-16/h4-5,8-9H,2-3,6-7,10H2,1H3,(H,24,25)(H,26,27). The van der Waals surface area contributed by atoms with Crippen molar-refractivity contribution in [3.8, 4) is 0 Å². The molecule has 0 saturated heterocycles. The smallest absolute Gasteiger partial charge is 0.357 e. The molecule has 0 saturated carbocycles. The number of carboxylic acid groups (broad SMARTS) is 1. The van der Waals surface area contributed by atoms with E-state index in [-0.39, 0.29) is 12.3 Å². The van der Waals surface area contributed by atoms with E-state index in [1.165, 1.54) is 11.3 Å². The predicted molar refractivity (Wildman–Crippen MR) is 111 cm³/mol. The Morgan fingerprint density at radius 3 is 2.43 bits per heavy atom. The van der Waals surface area contributed by atoms with Gasteiger partial charge in [-0.1, -0.05) is 12.1 Å². The van der Waals surface area contributed by atoms with E-state index in [9.17, 15) is 19.5 Å². The summed E-state index contributed by atoms with van der Waals surface area (Å²) in [6.45, 7) is 1.94. The molecule has 9 heteroatoms. The fraction of sp³-hybridized carbons (Fsp3) is 0.286. The minimum absolute atomic E-state index is 0.218. The number of carbonyl (C=O) groups is 3. The maximum Gasteiger partial charge on any atom is 0.357 e. The second-order valence-electron chi connectivity index (χ2n) is 6.80. The summed E-state index contributed by atoms with van der Waals surface area (Å²) in [4.78, 5) is 46.6. The number of hydrogen-bond donors (Lipinski definition) is 2. The molecule has 0 unspecified atom stereocenters. The largest absolute Gasteiger partial charge is 0.476 e. The number of ether oxygens (including phenoxy) is 1. The number of aromatic carboxylic acids is 1. The summed E-state index contributed by atoms with van der Waals surface area (Å²) in [6, 6.07) is 6.72. The average molecular weight is 425 g/mol. The molecule has 1 aliphatic rings. The predicted octanol–water partition coefficient (Wildman–Crippen LogP) is 3.70. The number of anilines is 1. The first kappa shape index (κ1) is 20.0. The Balaban J connectivity index is 1.76. The van der Waals surface area contributed by atoms with Crippen molar-refractivity contribution in [1.29, 1.82) is 0 Å². The molecule has 3 aromatic rings. The number of amides is 1. The summed E-state index contributed by atoms with van der Waals surface area (Å²) in [5, 5.41) is 12.6. The van der Waals surface area contributed by atoms with E-state index in [0.717, 1.165) is 36.1 Å². The van der Waals surface area contributed by atoms with Gasteiger partial charge in [-0.2, -0.15) is 0 Å². The zero-order valence-corrected chi connectivity index (χ0v) is 17.0. The van der Waals surface area contributed by atoms with Gasteiger partial charge in [-0.3, -0.25) is 4.79 Å². The molecule has 0 fully saturated rings. The molecule has 0 radical (unpaired) electrons. The molecule has 1 amide bonds. The maximum absolute atomic E-state index is 13.0. The van der Waals surface area contributed by atoms with Gasteiger partial charge in [-0.05, 0) is 50.3 Å². The zero-order valence-electron chi connectivity index (χ0n) is 16.2. The van der Waals surface area contributed by atoms with Gasteiger partial charge >= 0.3 is 11.9 Å². The first-order valence-electron chi connectivity index (χ1n) is 9.62. The first-order chi connectivity index (χ1) is 14.5. The van der Waals surface area contributed by atoms with E-state index in [1.807, 2.05) is 0 Å². The van der Waals surface area contributed by atoms with Crippen LogP contribution in [0.2, 0.25) is 0 Å². The van der Waals surface area contributed by atoms with Crippen molar-refractivity contribution in [2.24, 2.45) is 0 Å². The van der Waals surface area contributed by atoms with Gasteiger partial charge in [0.1, 0.15) is 5.00 Å². The topological polar surface area (TPSA) is 118 Å². The van der Waals surface area contributed by atoms with Gasteiger partial charge in [-0.15, -0.1) is 11.3 Å². The highest BCUT2D eigenvalue weighted by molar-refractivity contribution is 7.17. The summed E-state index contributed by atoms with van der Waals surface area (Å²) < 4.78 is 5.19. The highest BCUT2D eigenvalue weighted by atomic mass is 32.1. The lowest BCUT2D eigenvalue weighted by molar-refractivity contribution is 0.0526. The van der Waals surface area contributed by atoms with Gasteiger partial charge in [0.25, 0.3) is 5.91 Å². The highest BCUT2D eigenvalue weighted by Gasteiger charge is 2.29. The van der Waals surface area contributed by atoms with Crippen LogP contribution in [-0.4, -0.2) is 39.5 Å². The second kappa shape index (κ2) is 8.19. The summed E-state index contributed by atoms with van der Waals surface area (Å²) in [7, 11) is 0. The lowest BCUT2D eigenvalue weighted by atomic mass is 9.95. The number of nitrogens with zero attached hydrogens (tertiary/aromatic N) is 2. The van der Waals surface area contributed by atoms with Crippen LogP contribution in [0.5, 0.6) is 0 Å². The van der Waals surface area contributed by atoms with Crippen molar-refractivity contribution >= 4 is 45.2 Å². The van der Waals surface area contributed by atoms with Gasteiger partial charge < -0.3 is 15.2 Å². The number of hydrogen-bond acceptors (Lipinski definition) is 7. The molecule has 2 aromatic heterocycles. The van der Waals surface area contributed by atoms with Gasteiger partial charge in [0.15, 0.2) is 11.4 Å². The number of carboxylic acids is 1. The van der Waals surface area contributed by atoms with Gasteiger partial charge in [0.2, 0.25) is 0 Å². The molecule has 1 aromatic carbocycles. The molecule has 30 heavy (non-hydrogen) atoms. The minimum atomic E-state index is -1.35. The molecular weight excluding hydrogens is 406 g/mol. The number of para-hydroxylation sites is 2. The van der Waals surface area contributed by atoms with E-state index in [0.29, 0.717) is 21.6 Å². The molecule has 8 nitrogen and oxygen atoms in total. The number of benzene rings is 1. The van der Waals surface area contributed by atoms with E-state index < -0.39 is 23.5 Å². The van der Waals surface area contributed by atoms with E-state index >= 15 is 0 Å². The summed E-state index contributed by atoms with van der Waals surface area (Å²) in [5.74, 6) is -2.57. The lowest BCUT2D eigenvalue weighted by Crippen LogP contribution is -2.21. The van der Waals surface area contributed by atoms with Crippen LogP contribution in [0.4, 0.5) is 5.00 Å². The Hall–Kier alpha value is -3.33. The normalized spacial score (nSPS) is 13.0. The van der Waals surface area contributed by atoms with Crippen molar-refractivity contribution in [1.82, 2.24) is 9.97 Å². The lowest BCUT2D eigenvalue weighted by Gasteiger charge is -2.12. The number of rotatable bonds is 5. The number of carbonyl (C=O) groups excluding carboxylic acids is 2. The fourth-order valence-corrected chi connectivity index (χ4v) is 4.82. The molecule has 154 valence electrons. The van der Waals surface area contributed by atoms with Crippen molar-refractivity contribution in [3.63, 3.8) is 0 Å². The Kier molecular flexibility index (Phi) is 5.45. The molecule has 2 N–H and O–H groups in total. The van der Waals surface area contributed by atoms with Crippen LogP contribution in [0.25, 0.3) is 11.0 Å². The van der Waals surface area contributed by atoms with Crippen LogP contribution in [0.15, 0.2) is 24.3 Å². The molecule has 1 aliphatic carbocycles. The van der Waals surface area contributed by atoms with E-state index in [2.05, 4.69) is 15.3 Å². The molecule has 0 atom stereocenters. The van der Waals surface area contributed by atoms with Gasteiger partial charge in [0, 0.05) is 4.88 Å². The van der Waals surface area contributed by atoms with Crippen molar-refractivity contribution in [2.75, 3.05) is 11.9 Å².